The molecule has 0 amide bonds. The smallest absolute Gasteiger partial charge is 0.126 e. The van der Waals surface area contributed by atoms with Crippen molar-refractivity contribution in [2.24, 2.45) is 11.8 Å². The van der Waals surface area contributed by atoms with Gasteiger partial charge in [-0.25, -0.2) is 0 Å². The average molecular weight is 277 g/mol. The number of nitrogens with one attached hydrogen (secondary N) is 1. The fourth-order valence-electron chi connectivity index (χ4n) is 3.00. The summed E-state index contributed by atoms with van der Waals surface area (Å²) in [6.07, 6.45) is 2.52. The van der Waals surface area contributed by atoms with Crippen molar-refractivity contribution in [2.75, 3.05) is 27.3 Å². The van der Waals surface area contributed by atoms with E-state index >= 15 is 0 Å². The lowest BCUT2D eigenvalue weighted by molar-refractivity contribution is 0.231. The minimum absolute atomic E-state index is 0.556. The van der Waals surface area contributed by atoms with E-state index in [4.69, 9.17) is 9.47 Å². The normalized spacial score (nSPS) is 21.6. The molecule has 2 rings (SSSR count). The summed E-state index contributed by atoms with van der Waals surface area (Å²) >= 11 is 0. The van der Waals surface area contributed by atoms with Crippen molar-refractivity contribution in [3.05, 3.63) is 23.8 Å². The molecule has 0 radical (unpaired) electrons. The predicted octanol–water partition coefficient (Wildman–Crippen LogP) is 3.44. The highest BCUT2D eigenvalue weighted by Gasteiger charge is 2.35. The summed E-state index contributed by atoms with van der Waals surface area (Å²) in [6, 6.07) is 6.06. The average Bonchev–Trinajstić information content (AvgIpc) is 2.42. The molecule has 3 heteroatoms. The van der Waals surface area contributed by atoms with Gasteiger partial charge in [0.05, 0.1) is 14.2 Å². The molecule has 3 nitrogen and oxygen atoms in total. The van der Waals surface area contributed by atoms with Crippen molar-refractivity contribution < 1.29 is 9.47 Å². The molecule has 0 heterocycles. The largest absolute Gasteiger partial charge is 0.496 e. The molecule has 1 N–H and O–H groups in total. The lowest BCUT2D eigenvalue weighted by Gasteiger charge is -2.38. The van der Waals surface area contributed by atoms with E-state index in [2.05, 4.69) is 19.2 Å². The third kappa shape index (κ3) is 3.26. The van der Waals surface area contributed by atoms with Crippen molar-refractivity contribution in [1.82, 2.24) is 5.32 Å². The molecule has 1 aromatic carbocycles. The SMILES string of the molecule is COc1cccc(OC)c1C1CCC1CNCC(C)C. The number of rotatable bonds is 7. The van der Waals surface area contributed by atoms with Crippen LogP contribution in [0.1, 0.15) is 38.2 Å². The molecule has 0 spiro atoms. The van der Waals surface area contributed by atoms with Gasteiger partial charge in [-0.3, -0.25) is 0 Å². The molecule has 112 valence electrons. The third-order valence-electron chi connectivity index (χ3n) is 4.21. The summed E-state index contributed by atoms with van der Waals surface area (Å²) in [6.45, 7) is 6.67. The van der Waals surface area contributed by atoms with Gasteiger partial charge in [0, 0.05) is 5.56 Å². The van der Waals surface area contributed by atoms with Gasteiger partial charge < -0.3 is 14.8 Å². The molecule has 1 fully saturated rings. The summed E-state index contributed by atoms with van der Waals surface area (Å²) in [7, 11) is 3.48. The molecule has 0 aliphatic heterocycles. The van der Waals surface area contributed by atoms with Crippen LogP contribution < -0.4 is 14.8 Å². The highest BCUT2D eigenvalue weighted by molar-refractivity contribution is 5.48. The van der Waals surface area contributed by atoms with E-state index in [0.717, 1.165) is 24.6 Å². The van der Waals surface area contributed by atoms with Crippen molar-refractivity contribution in [3.63, 3.8) is 0 Å². The van der Waals surface area contributed by atoms with Gasteiger partial charge in [0.2, 0.25) is 0 Å². The van der Waals surface area contributed by atoms with Crippen LogP contribution in [-0.2, 0) is 0 Å². The number of ether oxygens (including phenoxy) is 2. The first-order chi connectivity index (χ1) is 9.67. The lowest BCUT2D eigenvalue weighted by Crippen LogP contribution is -2.35. The fraction of sp³-hybridized carbons (Fsp3) is 0.647. The standard InChI is InChI=1S/C17H27NO2/c1-12(2)10-18-11-13-8-9-14(13)17-15(19-3)6-5-7-16(17)20-4/h5-7,12-14,18H,8-11H2,1-4H3. The Morgan fingerprint density at radius 1 is 1.15 bits per heavy atom. The van der Waals surface area contributed by atoms with Crippen LogP contribution in [-0.4, -0.2) is 27.3 Å². The van der Waals surface area contributed by atoms with Gasteiger partial charge in [0.15, 0.2) is 0 Å². The zero-order valence-corrected chi connectivity index (χ0v) is 13.1. The van der Waals surface area contributed by atoms with E-state index in [0.29, 0.717) is 17.8 Å². The molecular formula is C17H27NO2. The van der Waals surface area contributed by atoms with E-state index in [-0.39, 0.29) is 0 Å². The molecule has 1 aliphatic rings. The zero-order chi connectivity index (χ0) is 14.5. The second-order valence-corrected chi connectivity index (χ2v) is 6.07. The Labute approximate surface area is 122 Å². The van der Waals surface area contributed by atoms with Crippen LogP contribution in [0.15, 0.2) is 18.2 Å². The van der Waals surface area contributed by atoms with Gasteiger partial charge in [-0.05, 0) is 55.8 Å². The van der Waals surface area contributed by atoms with E-state index in [1.54, 1.807) is 14.2 Å². The Bertz CT molecular complexity index is 409. The topological polar surface area (TPSA) is 30.5 Å². The maximum atomic E-state index is 5.54. The van der Waals surface area contributed by atoms with Gasteiger partial charge >= 0.3 is 0 Å². The molecule has 0 saturated heterocycles. The number of hydrogen-bond acceptors (Lipinski definition) is 3. The summed E-state index contributed by atoms with van der Waals surface area (Å²) in [4.78, 5) is 0. The molecule has 0 bridgehead atoms. The summed E-state index contributed by atoms with van der Waals surface area (Å²) in [5.41, 5.74) is 1.25. The van der Waals surface area contributed by atoms with E-state index in [9.17, 15) is 0 Å². The first kappa shape index (κ1) is 15.2. The van der Waals surface area contributed by atoms with E-state index in [1.807, 2.05) is 18.2 Å². The van der Waals surface area contributed by atoms with E-state index in [1.165, 1.54) is 18.4 Å². The number of methoxy groups -OCH3 is 2. The monoisotopic (exact) mass is 277 g/mol. The molecule has 1 aromatic rings. The summed E-state index contributed by atoms with van der Waals surface area (Å²) < 4.78 is 11.1. The van der Waals surface area contributed by atoms with Crippen molar-refractivity contribution in [3.8, 4) is 11.5 Å². The predicted molar refractivity (Wildman–Crippen MR) is 82.7 cm³/mol. The quantitative estimate of drug-likeness (QED) is 0.828. The van der Waals surface area contributed by atoms with Gasteiger partial charge in [0.1, 0.15) is 11.5 Å². The highest BCUT2D eigenvalue weighted by Crippen LogP contribution is 2.48. The Hall–Kier alpha value is -1.22. The van der Waals surface area contributed by atoms with Crippen LogP contribution in [0.4, 0.5) is 0 Å². The minimum atomic E-state index is 0.556. The number of hydrogen-bond donors (Lipinski definition) is 1. The van der Waals surface area contributed by atoms with Crippen LogP contribution in [0, 0.1) is 11.8 Å². The molecule has 1 aliphatic carbocycles. The van der Waals surface area contributed by atoms with Crippen molar-refractivity contribution >= 4 is 0 Å². The van der Waals surface area contributed by atoms with Gasteiger partial charge in [-0.15, -0.1) is 0 Å². The third-order valence-corrected chi connectivity index (χ3v) is 4.21. The van der Waals surface area contributed by atoms with Crippen LogP contribution in [0.5, 0.6) is 11.5 Å². The van der Waals surface area contributed by atoms with Crippen molar-refractivity contribution in [1.29, 1.82) is 0 Å². The second-order valence-electron chi connectivity index (χ2n) is 6.07. The fourth-order valence-corrected chi connectivity index (χ4v) is 3.00. The Kier molecular flexibility index (Phi) is 5.30. The summed E-state index contributed by atoms with van der Waals surface area (Å²) in [5.74, 6) is 3.87. The molecule has 20 heavy (non-hydrogen) atoms. The lowest BCUT2D eigenvalue weighted by atomic mass is 9.69. The molecule has 0 aromatic heterocycles. The highest BCUT2D eigenvalue weighted by atomic mass is 16.5. The Balaban J connectivity index is 2.07. The zero-order valence-electron chi connectivity index (χ0n) is 13.1. The molecular weight excluding hydrogens is 250 g/mol. The van der Waals surface area contributed by atoms with Crippen LogP contribution in [0.3, 0.4) is 0 Å². The first-order valence-corrected chi connectivity index (χ1v) is 7.59. The number of benzene rings is 1. The van der Waals surface area contributed by atoms with Gasteiger partial charge in [0.25, 0.3) is 0 Å². The van der Waals surface area contributed by atoms with Crippen LogP contribution in [0.25, 0.3) is 0 Å². The molecule has 2 atom stereocenters. The van der Waals surface area contributed by atoms with E-state index < -0.39 is 0 Å². The second kappa shape index (κ2) is 6.98. The Morgan fingerprint density at radius 2 is 1.80 bits per heavy atom. The summed E-state index contributed by atoms with van der Waals surface area (Å²) in [5, 5.41) is 3.58. The molecule has 2 unspecified atom stereocenters. The van der Waals surface area contributed by atoms with Gasteiger partial charge in [-0.1, -0.05) is 19.9 Å². The molecule has 1 saturated carbocycles. The maximum absolute atomic E-state index is 5.54. The minimum Gasteiger partial charge on any atom is -0.496 e. The van der Waals surface area contributed by atoms with Crippen LogP contribution in [0.2, 0.25) is 0 Å². The first-order valence-electron chi connectivity index (χ1n) is 7.59. The Morgan fingerprint density at radius 3 is 2.25 bits per heavy atom. The van der Waals surface area contributed by atoms with Crippen LogP contribution >= 0.6 is 0 Å². The van der Waals surface area contributed by atoms with Gasteiger partial charge in [-0.2, -0.15) is 0 Å². The van der Waals surface area contributed by atoms with Crippen molar-refractivity contribution in [2.45, 2.75) is 32.6 Å². The maximum Gasteiger partial charge on any atom is 0.126 e.